The minimum Gasteiger partial charge on any atom is -0.357 e. The second-order valence-electron chi connectivity index (χ2n) is 4.91. The molecule has 4 nitrogen and oxygen atoms in total. The Kier molecular flexibility index (Phi) is 4.04. The van der Waals surface area contributed by atoms with Gasteiger partial charge in [0.25, 0.3) is 0 Å². The minimum atomic E-state index is 0.648. The van der Waals surface area contributed by atoms with E-state index in [-0.39, 0.29) is 0 Å². The van der Waals surface area contributed by atoms with Crippen LogP contribution in [-0.4, -0.2) is 49.6 Å². The van der Waals surface area contributed by atoms with E-state index in [4.69, 9.17) is 0 Å². The molecule has 1 saturated carbocycles. The predicted octanol–water partition coefficient (Wildman–Crippen LogP) is 0.798. The molecule has 1 aliphatic carbocycles. The van der Waals surface area contributed by atoms with Crippen molar-refractivity contribution in [2.75, 3.05) is 26.7 Å². The number of hydrogen-bond acceptors (Lipinski definition) is 2. The monoisotopic (exact) mass is 224 g/mol. The van der Waals surface area contributed by atoms with Crippen LogP contribution in [0, 0.1) is 0 Å². The van der Waals surface area contributed by atoms with Crippen molar-refractivity contribution in [2.45, 2.75) is 44.7 Å². The molecular weight excluding hydrogens is 200 g/mol. The zero-order valence-electron chi connectivity index (χ0n) is 10.5. The van der Waals surface area contributed by atoms with E-state index in [0.29, 0.717) is 12.1 Å². The molecule has 92 valence electrons. The number of hydrogen-bond donors (Lipinski definition) is 2. The van der Waals surface area contributed by atoms with Crippen molar-refractivity contribution in [3.05, 3.63) is 0 Å². The topological polar surface area (TPSA) is 39.7 Å². The number of likely N-dealkylation sites (tertiary alicyclic amines) is 1. The van der Waals surface area contributed by atoms with E-state index in [2.05, 4.69) is 34.5 Å². The summed E-state index contributed by atoms with van der Waals surface area (Å²) in [4.78, 5) is 7.10. The maximum Gasteiger partial charge on any atom is 0.191 e. The van der Waals surface area contributed by atoms with E-state index in [1.807, 2.05) is 0 Å². The smallest absolute Gasteiger partial charge is 0.191 e. The van der Waals surface area contributed by atoms with Crippen LogP contribution in [0.4, 0.5) is 0 Å². The average Bonchev–Trinajstić information content (AvgIpc) is 2.98. The number of rotatable bonds is 4. The maximum atomic E-state index is 4.68. The molecule has 0 spiro atoms. The summed E-state index contributed by atoms with van der Waals surface area (Å²) in [5.74, 6) is 1.00. The van der Waals surface area contributed by atoms with Gasteiger partial charge < -0.3 is 15.5 Å². The van der Waals surface area contributed by atoms with Crippen LogP contribution in [0.5, 0.6) is 0 Å². The first-order valence-corrected chi connectivity index (χ1v) is 6.54. The van der Waals surface area contributed by atoms with Gasteiger partial charge in [0.15, 0.2) is 5.96 Å². The molecule has 1 saturated heterocycles. The Morgan fingerprint density at radius 2 is 2.19 bits per heavy atom. The molecule has 2 fully saturated rings. The van der Waals surface area contributed by atoms with Crippen LogP contribution in [0.2, 0.25) is 0 Å². The summed E-state index contributed by atoms with van der Waals surface area (Å²) >= 11 is 0. The fourth-order valence-corrected chi connectivity index (χ4v) is 2.15. The molecule has 1 unspecified atom stereocenters. The van der Waals surface area contributed by atoms with Crippen LogP contribution in [0.3, 0.4) is 0 Å². The Bertz CT molecular complexity index is 247. The van der Waals surface area contributed by atoms with Crippen molar-refractivity contribution in [1.29, 1.82) is 0 Å². The van der Waals surface area contributed by atoms with Crippen LogP contribution >= 0.6 is 0 Å². The molecule has 0 bridgehead atoms. The summed E-state index contributed by atoms with van der Waals surface area (Å²) in [6, 6.07) is 1.33. The molecule has 2 rings (SSSR count). The summed E-state index contributed by atoms with van der Waals surface area (Å²) in [5, 5.41) is 6.76. The number of aliphatic imine (C=N–C) groups is 1. The van der Waals surface area contributed by atoms with Gasteiger partial charge in [0.1, 0.15) is 0 Å². The fraction of sp³-hybridized carbons (Fsp3) is 0.917. The Hall–Kier alpha value is -0.770. The molecule has 1 aliphatic heterocycles. The van der Waals surface area contributed by atoms with Crippen molar-refractivity contribution in [2.24, 2.45) is 4.99 Å². The second kappa shape index (κ2) is 5.53. The minimum absolute atomic E-state index is 0.648. The molecule has 0 aromatic heterocycles. The van der Waals surface area contributed by atoms with Gasteiger partial charge in [0.05, 0.1) is 6.54 Å². The molecule has 0 aromatic carbocycles. The third-order valence-electron chi connectivity index (χ3n) is 3.39. The molecule has 2 N–H and O–H groups in total. The summed E-state index contributed by atoms with van der Waals surface area (Å²) in [7, 11) is 2.20. The molecule has 0 aromatic rings. The number of guanidine groups is 1. The predicted molar refractivity (Wildman–Crippen MR) is 67.8 cm³/mol. The number of likely N-dealkylation sites (N-methyl/N-ethyl adjacent to an activating group) is 1. The molecule has 0 radical (unpaired) electrons. The van der Waals surface area contributed by atoms with E-state index >= 15 is 0 Å². The molecule has 1 heterocycles. The number of nitrogens with zero attached hydrogens (tertiary/aromatic N) is 2. The zero-order chi connectivity index (χ0) is 11.4. The first-order valence-electron chi connectivity index (χ1n) is 6.54. The largest absolute Gasteiger partial charge is 0.357 e. The molecule has 4 heteroatoms. The van der Waals surface area contributed by atoms with Crippen molar-refractivity contribution >= 4 is 5.96 Å². The van der Waals surface area contributed by atoms with E-state index in [0.717, 1.165) is 19.0 Å². The van der Waals surface area contributed by atoms with Crippen LogP contribution in [0.1, 0.15) is 32.6 Å². The van der Waals surface area contributed by atoms with E-state index in [9.17, 15) is 0 Å². The Balaban J connectivity index is 1.80. The van der Waals surface area contributed by atoms with Gasteiger partial charge in [-0.1, -0.05) is 0 Å². The quantitative estimate of drug-likeness (QED) is 0.548. The van der Waals surface area contributed by atoms with Crippen molar-refractivity contribution in [3.8, 4) is 0 Å². The summed E-state index contributed by atoms with van der Waals surface area (Å²) in [5.41, 5.74) is 0. The second-order valence-corrected chi connectivity index (χ2v) is 4.91. The maximum absolute atomic E-state index is 4.68. The number of nitrogens with one attached hydrogen (secondary N) is 2. The zero-order valence-corrected chi connectivity index (χ0v) is 10.5. The van der Waals surface area contributed by atoms with Crippen LogP contribution in [0.25, 0.3) is 0 Å². The normalized spacial score (nSPS) is 27.1. The molecule has 1 atom stereocenters. The van der Waals surface area contributed by atoms with Crippen molar-refractivity contribution in [3.63, 3.8) is 0 Å². The molecular formula is C12H24N4. The van der Waals surface area contributed by atoms with Crippen LogP contribution < -0.4 is 10.6 Å². The summed E-state index contributed by atoms with van der Waals surface area (Å²) in [6.07, 6.45) is 5.22. The SMILES string of the molecule is CCNC(=NCC1CCCN1C)NC1CC1. The lowest BCUT2D eigenvalue weighted by Crippen LogP contribution is -2.39. The van der Waals surface area contributed by atoms with Gasteiger partial charge >= 0.3 is 0 Å². The highest BCUT2D eigenvalue weighted by atomic mass is 15.2. The van der Waals surface area contributed by atoms with Crippen LogP contribution in [-0.2, 0) is 0 Å². The lowest BCUT2D eigenvalue weighted by molar-refractivity contribution is 0.317. The van der Waals surface area contributed by atoms with Gasteiger partial charge in [-0.2, -0.15) is 0 Å². The highest BCUT2D eigenvalue weighted by Crippen LogP contribution is 2.18. The Labute approximate surface area is 98.5 Å². The first kappa shape index (κ1) is 11.7. The molecule has 2 aliphatic rings. The average molecular weight is 224 g/mol. The lowest BCUT2D eigenvalue weighted by Gasteiger charge is -2.18. The van der Waals surface area contributed by atoms with E-state index in [1.165, 1.54) is 32.2 Å². The van der Waals surface area contributed by atoms with Crippen molar-refractivity contribution < 1.29 is 0 Å². The molecule has 0 amide bonds. The lowest BCUT2D eigenvalue weighted by atomic mass is 10.2. The highest BCUT2D eigenvalue weighted by Gasteiger charge is 2.23. The first-order chi connectivity index (χ1) is 7.79. The van der Waals surface area contributed by atoms with Gasteiger partial charge in [0, 0.05) is 18.6 Å². The van der Waals surface area contributed by atoms with Gasteiger partial charge in [-0.3, -0.25) is 4.99 Å². The van der Waals surface area contributed by atoms with Gasteiger partial charge in [0.2, 0.25) is 0 Å². The summed E-state index contributed by atoms with van der Waals surface area (Å²) in [6.45, 7) is 5.22. The van der Waals surface area contributed by atoms with Crippen molar-refractivity contribution in [1.82, 2.24) is 15.5 Å². The Morgan fingerprint density at radius 1 is 1.38 bits per heavy atom. The standard InChI is InChI=1S/C12H24N4/c1-3-13-12(15-10-6-7-10)14-9-11-5-4-8-16(11)2/h10-11H,3-9H2,1-2H3,(H2,13,14,15). The third kappa shape index (κ3) is 3.37. The van der Waals surface area contributed by atoms with Gasteiger partial charge in [-0.15, -0.1) is 0 Å². The van der Waals surface area contributed by atoms with Gasteiger partial charge in [-0.05, 0) is 46.2 Å². The Morgan fingerprint density at radius 3 is 2.75 bits per heavy atom. The molecule has 16 heavy (non-hydrogen) atoms. The highest BCUT2D eigenvalue weighted by molar-refractivity contribution is 5.80. The fourth-order valence-electron chi connectivity index (χ4n) is 2.15. The van der Waals surface area contributed by atoms with E-state index < -0.39 is 0 Å². The summed E-state index contributed by atoms with van der Waals surface area (Å²) < 4.78 is 0. The van der Waals surface area contributed by atoms with Crippen LogP contribution in [0.15, 0.2) is 4.99 Å². The third-order valence-corrected chi connectivity index (χ3v) is 3.39. The van der Waals surface area contributed by atoms with Gasteiger partial charge in [-0.25, -0.2) is 0 Å². The van der Waals surface area contributed by atoms with E-state index in [1.54, 1.807) is 0 Å².